The number of pyridine rings is 1. The van der Waals surface area contributed by atoms with Gasteiger partial charge in [0.2, 0.25) is 0 Å². The Morgan fingerprint density at radius 1 is 1.43 bits per heavy atom. The molecule has 1 aromatic heterocycles. The van der Waals surface area contributed by atoms with Gasteiger partial charge in [-0.3, -0.25) is 4.98 Å². The predicted molar refractivity (Wildman–Crippen MR) is 57.0 cm³/mol. The Bertz CT molecular complexity index is 249. The first kappa shape index (κ1) is 11.1. The van der Waals surface area contributed by atoms with Gasteiger partial charge in [0.25, 0.3) is 0 Å². The van der Waals surface area contributed by atoms with Crippen molar-refractivity contribution in [3.05, 3.63) is 30.1 Å². The highest BCUT2D eigenvalue weighted by molar-refractivity contribution is 5.08. The lowest BCUT2D eigenvalue weighted by Gasteiger charge is -2.23. The van der Waals surface area contributed by atoms with Gasteiger partial charge in [0.1, 0.15) is 0 Å². The van der Waals surface area contributed by atoms with E-state index < -0.39 is 0 Å². The highest BCUT2D eigenvalue weighted by Crippen LogP contribution is 2.20. The molecule has 1 aromatic rings. The molecule has 0 aliphatic carbocycles. The molecule has 3 heteroatoms. The van der Waals surface area contributed by atoms with Gasteiger partial charge in [0, 0.05) is 12.8 Å². The lowest BCUT2D eigenvalue weighted by molar-refractivity contribution is 0.232. The van der Waals surface area contributed by atoms with Crippen LogP contribution in [0.1, 0.15) is 24.6 Å². The third-order valence-electron chi connectivity index (χ3n) is 2.29. The van der Waals surface area contributed by atoms with Crippen LogP contribution in [0.5, 0.6) is 0 Å². The Labute approximate surface area is 85.4 Å². The molecule has 0 saturated heterocycles. The Morgan fingerprint density at radius 3 is 2.71 bits per heavy atom. The second kappa shape index (κ2) is 5.73. The van der Waals surface area contributed by atoms with E-state index >= 15 is 0 Å². The van der Waals surface area contributed by atoms with Gasteiger partial charge in [-0.1, -0.05) is 6.07 Å². The average molecular weight is 194 g/mol. The van der Waals surface area contributed by atoms with Crippen molar-refractivity contribution in [3.8, 4) is 0 Å². The summed E-state index contributed by atoms with van der Waals surface area (Å²) in [5.74, 6) is 0. The maximum Gasteiger partial charge on any atom is 0.0575 e. The third-order valence-corrected chi connectivity index (χ3v) is 2.29. The van der Waals surface area contributed by atoms with E-state index in [1.54, 1.807) is 0 Å². The summed E-state index contributed by atoms with van der Waals surface area (Å²) in [7, 11) is 4.08. The van der Waals surface area contributed by atoms with Crippen LogP contribution >= 0.6 is 0 Å². The van der Waals surface area contributed by atoms with E-state index in [0.717, 1.165) is 18.5 Å². The molecule has 3 nitrogen and oxygen atoms in total. The maximum atomic E-state index is 8.80. The average Bonchev–Trinajstić information content (AvgIpc) is 2.19. The lowest BCUT2D eigenvalue weighted by Crippen LogP contribution is -2.21. The molecule has 0 fully saturated rings. The van der Waals surface area contributed by atoms with Crippen LogP contribution in [0.2, 0.25) is 0 Å². The number of nitrogens with zero attached hydrogens (tertiary/aromatic N) is 2. The van der Waals surface area contributed by atoms with E-state index in [4.69, 9.17) is 5.11 Å². The van der Waals surface area contributed by atoms with E-state index in [2.05, 4.69) is 9.88 Å². The molecule has 0 aromatic carbocycles. The summed E-state index contributed by atoms with van der Waals surface area (Å²) in [6.07, 6.45) is 3.57. The van der Waals surface area contributed by atoms with E-state index in [0.29, 0.717) is 6.04 Å². The Hall–Kier alpha value is -0.930. The molecule has 1 atom stereocenters. The van der Waals surface area contributed by atoms with Crippen LogP contribution in [0.25, 0.3) is 0 Å². The first-order valence-corrected chi connectivity index (χ1v) is 4.94. The van der Waals surface area contributed by atoms with Crippen molar-refractivity contribution in [1.29, 1.82) is 0 Å². The van der Waals surface area contributed by atoms with Crippen LogP contribution in [0.3, 0.4) is 0 Å². The fraction of sp³-hybridized carbons (Fsp3) is 0.545. The van der Waals surface area contributed by atoms with Crippen LogP contribution in [-0.2, 0) is 0 Å². The molecular weight excluding hydrogens is 176 g/mol. The summed E-state index contributed by atoms with van der Waals surface area (Å²) >= 11 is 0. The second-order valence-corrected chi connectivity index (χ2v) is 3.60. The Balaban J connectivity index is 2.68. The summed E-state index contributed by atoms with van der Waals surface area (Å²) in [6.45, 7) is 0.247. The van der Waals surface area contributed by atoms with Crippen molar-refractivity contribution in [3.63, 3.8) is 0 Å². The number of rotatable bonds is 5. The number of aromatic nitrogens is 1. The van der Waals surface area contributed by atoms with Crippen molar-refractivity contribution in [1.82, 2.24) is 9.88 Å². The largest absolute Gasteiger partial charge is 0.396 e. The molecular formula is C11H18N2O. The summed E-state index contributed by atoms with van der Waals surface area (Å²) in [5, 5.41) is 8.80. The van der Waals surface area contributed by atoms with Gasteiger partial charge >= 0.3 is 0 Å². The number of hydrogen-bond acceptors (Lipinski definition) is 3. The molecule has 14 heavy (non-hydrogen) atoms. The lowest BCUT2D eigenvalue weighted by atomic mass is 10.1. The normalized spacial score (nSPS) is 13.1. The van der Waals surface area contributed by atoms with Crippen LogP contribution < -0.4 is 0 Å². The van der Waals surface area contributed by atoms with E-state index in [9.17, 15) is 0 Å². The van der Waals surface area contributed by atoms with E-state index in [1.807, 2.05) is 38.5 Å². The van der Waals surface area contributed by atoms with Crippen molar-refractivity contribution in [2.75, 3.05) is 20.7 Å². The summed E-state index contributed by atoms with van der Waals surface area (Å²) in [4.78, 5) is 6.47. The molecule has 0 bridgehead atoms. The zero-order valence-corrected chi connectivity index (χ0v) is 8.85. The van der Waals surface area contributed by atoms with Crippen LogP contribution in [-0.4, -0.2) is 35.7 Å². The molecule has 1 rings (SSSR count). The Morgan fingerprint density at radius 2 is 2.21 bits per heavy atom. The molecule has 0 spiro atoms. The number of aliphatic hydroxyl groups is 1. The second-order valence-electron chi connectivity index (χ2n) is 3.60. The minimum absolute atomic E-state index is 0.247. The van der Waals surface area contributed by atoms with Gasteiger partial charge in [-0.05, 0) is 39.1 Å². The van der Waals surface area contributed by atoms with Gasteiger partial charge in [0.05, 0.1) is 11.7 Å². The fourth-order valence-corrected chi connectivity index (χ4v) is 1.53. The van der Waals surface area contributed by atoms with Gasteiger partial charge < -0.3 is 10.0 Å². The van der Waals surface area contributed by atoms with Gasteiger partial charge in [-0.2, -0.15) is 0 Å². The van der Waals surface area contributed by atoms with Gasteiger partial charge in [-0.25, -0.2) is 0 Å². The first-order chi connectivity index (χ1) is 6.75. The highest BCUT2D eigenvalue weighted by Gasteiger charge is 2.13. The summed E-state index contributed by atoms with van der Waals surface area (Å²) in [5.41, 5.74) is 1.07. The summed E-state index contributed by atoms with van der Waals surface area (Å²) in [6, 6.07) is 6.26. The van der Waals surface area contributed by atoms with Gasteiger partial charge in [-0.15, -0.1) is 0 Å². The molecule has 78 valence electrons. The van der Waals surface area contributed by atoms with Crippen molar-refractivity contribution in [2.45, 2.75) is 18.9 Å². The van der Waals surface area contributed by atoms with Crippen LogP contribution in [0.15, 0.2) is 24.4 Å². The van der Waals surface area contributed by atoms with Crippen molar-refractivity contribution in [2.24, 2.45) is 0 Å². The minimum atomic E-state index is 0.247. The monoisotopic (exact) mass is 194 g/mol. The fourth-order valence-electron chi connectivity index (χ4n) is 1.53. The van der Waals surface area contributed by atoms with Crippen molar-refractivity contribution >= 4 is 0 Å². The quantitative estimate of drug-likeness (QED) is 0.771. The maximum absolute atomic E-state index is 8.80. The molecule has 0 aliphatic rings. The molecule has 0 amide bonds. The molecule has 0 aliphatic heterocycles. The first-order valence-electron chi connectivity index (χ1n) is 4.94. The molecule has 0 saturated carbocycles. The third kappa shape index (κ3) is 3.09. The number of aliphatic hydroxyl groups excluding tert-OH is 1. The molecule has 1 unspecified atom stereocenters. The summed E-state index contributed by atoms with van der Waals surface area (Å²) < 4.78 is 0. The van der Waals surface area contributed by atoms with E-state index in [1.165, 1.54) is 0 Å². The zero-order chi connectivity index (χ0) is 10.4. The van der Waals surface area contributed by atoms with Crippen molar-refractivity contribution < 1.29 is 5.11 Å². The minimum Gasteiger partial charge on any atom is -0.396 e. The van der Waals surface area contributed by atoms with Crippen LogP contribution in [0.4, 0.5) is 0 Å². The smallest absolute Gasteiger partial charge is 0.0575 e. The molecule has 1 heterocycles. The Kier molecular flexibility index (Phi) is 4.56. The molecule has 0 radical (unpaired) electrons. The SMILES string of the molecule is CN(C)C(CCCO)c1ccccn1. The predicted octanol–water partition coefficient (Wildman–Crippen LogP) is 1.46. The van der Waals surface area contributed by atoms with Gasteiger partial charge in [0.15, 0.2) is 0 Å². The standard InChI is InChI=1S/C11H18N2O/c1-13(2)11(7-5-9-14)10-6-3-4-8-12-10/h3-4,6,8,11,14H,5,7,9H2,1-2H3. The molecule has 1 N–H and O–H groups in total. The highest BCUT2D eigenvalue weighted by atomic mass is 16.2. The topological polar surface area (TPSA) is 36.4 Å². The van der Waals surface area contributed by atoms with E-state index in [-0.39, 0.29) is 6.61 Å². The van der Waals surface area contributed by atoms with Crippen LogP contribution in [0, 0.1) is 0 Å². The zero-order valence-electron chi connectivity index (χ0n) is 8.85. The number of hydrogen-bond donors (Lipinski definition) is 1.